The standard InChI is InChI=1S/C30H36N4O6S/c1-22-8-5-6-10-27(22)33-16-18-34(19-17-33)28(35)26(32-29(36)39-30(2,3)4)20-23-11-13-24(14-12-23)40-41(37,38)25-9-7-15-31-21-25/h5-15,21,26H,16-20H2,1-4H3,(H,32,36). The van der Waals surface area contributed by atoms with Crippen LogP contribution in [0.3, 0.4) is 0 Å². The van der Waals surface area contributed by atoms with Crippen LogP contribution in [0.1, 0.15) is 31.9 Å². The van der Waals surface area contributed by atoms with Gasteiger partial charge in [0.15, 0.2) is 0 Å². The number of hydrogen-bond acceptors (Lipinski definition) is 8. The molecule has 4 rings (SSSR count). The third kappa shape index (κ3) is 8.20. The SMILES string of the molecule is Cc1ccccc1N1CCN(C(=O)C(Cc2ccc(OS(=O)(=O)c3cccnc3)cc2)NC(=O)OC(C)(C)C)CC1. The van der Waals surface area contributed by atoms with E-state index in [2.05, 4.69) is 34.3 Å². The van der Waals surface area contributed by atoms with Crippen molar-refractivity contribution >= 4 is 27.8 Å². The summed E-state index contributed by atoms with van der Waals surface area (Å²) in [5.41, 5.74) is 2.31. The molecule has 41 heavy (non-hydrogen) atoms. The Balaban J connectivity index is 1.45. The molecule has 0 saturated carbocycles. The van der Waals surface area contributed by atoms with Gasteiger partial charge in [-0.05, 0) is 69.2 Å². The van der Waals surface area contributed by atoms with Gasteiger partial charge in [-0.25, -0.2) is 4.79 Å². The number of ether oxygens (including phenoxy) is 1. The number of nitrogens with zero attached hydrogens (tertiary/aromatic N) is 3. The lowest BCUT2D eigenvalue weighted by molar-refractivity contribution is -0.133. The van der Waals surface area contributed by atoms with E-state index in [-0.39, 0.29) is 23.0 Å². The summed E-state index contributed by atoms with van der Waals surface area (Å²) < 4.78 is 35.7. The second-order valence-electron chi connectivity index (χ2n) is 10.9. The van der Waals surface area contributed by atoms with Crippen molar-refractivity contribution in [1.82, 2.24) is 15.2 Å². The van der Waals surface area contributed by atoms with Gasteiger partial charge in [0.05, 0.1) is 0 Å². The number of anilines is 1. The minimum Gasteiger partial charge on any atom is -0.444 e. The van der Waals surface area contributed by atoms with Crippen molar-refractivity contribution in [1.29, 1.82) is 0 Å². The summed E-state index contributed by atoms with van der Waals surface area (Å²) in [5.74, 6) is -0.0901. The first-order valence-electron chi connectivity index (χ1n) is 13.4. The third-order valence-corrected chi connectivity index (χ3v) is 7.76. The zero-order valence-corrected chi connectivity index (χ0v) is 24.6. The van der Waals surface area contributed by atoms with E-state index >= 15 is 0 Å². The predicted molar refractivity (Wildman–Crippen MR) is 155 cm³/mol. The lowest BCUT2D eigenvalue weighted by Crippen LogP contribution is -2.56. The molecule has 10 nitrogen and oxygen atoms in total. The third-order valence-electron chi connectivity index (χ3n) is 6.53. The Hall–Kier alpha value is -4.12. The average molecular weight is 581 g/mol. The van der Waals surface area contributed by atoms with Crippen LogP contribution in [0.4, 0.5) is 10.5 Å². The zero-order chi connectivity index (χ0) is 29.6. The van der Waals surface area contributed by atoms with E-state index in [9.17, 15) is 18.0 Å². The average Bonchev–Trinajstić information content (AvgIpc) is 2.93. The fourth-order valence-electron chi connectivity index (χ4n) is 4.54. The first-order chi connectivity index (χ1) is 19.4. The number of aryl methyl sites for hydroxylation is 1. The van der Waals surface area contributed by atoms with Crippen molar-refractivity contribution in [2.24, 2.45) is 0 Å². The van der Waals surface area contributed by atoms with Gasteiger partial charge < -0.3 is 24.0 Å². The van der Waals surface area contributed by atoms with Gasteiger partial charge in [-0.2, -0.15) is 8.42 Å². The largest absolute Gasteiger partial charge is 0.444 e. The molecule has 2 aromatic carbocycles. The molecule has 1 aromatic heterocycles. The van der Waals surface area contributed by atoms with Crippen LogP contribution in [-0.2, 0) is 26.1 Å². The first kappa shape index (κ1) is 29.9. The fourth-order valence-corrected chi connectivity index (χ4v) is 5.44. The van der Waals surface area contributed by atoms with Gasteiger partial charge in [0.1, 0.15) is 22.3 Å². The van der Waals surface area contributed by atoms with Gasteiger partial charge in [0.2, 0.25) is 5.91 Å². The highest BCUT2D eigenvalue weighted by atomic mass is 32.2. The summed E-state index contributed by atoms with van der Waals surface area (Å²) >= 11 is 0. The number of nitrogens with one attached hydrogen (secondary N) is 1. The van der Waals surface area contributed by atoms with Crippen LogP contribution in [0.2, 0.25) is 0 Å². The van der Waals surface area contributed by atoms with Crippen LogP contribution in [0.5, 0.6) is 5.75 Å². The molecule has 0 bridgehead atoms. The molecule has 1 atom stereocenters. The summed E-state index contributed by atoms with van der Waals surface area (Å²) in [6.07, 6.45) is 2.19. The lowest BCUT2D eigenvalue weighted by Gasteiger charge is -2.38. The van der Waals surface area contributed by atoms with Crippen LogP contribution in [0, 0.1) is 6.92 Å². The number of aromatic nitrogens is 1. The van der Waals surface area contributed by atoms with Crippen LogP contribution >= 0.6 is 0 Å². The molecule has 1 fully saturated rings. The molecule has 218 valence electrons. The van der Waals surface area contributed by atoms with E-state index in [1.54, 1.807) is 37.8 Å². The zero-order valence-electron chi connectivity index (χ0n) is 23.7. The van der Waals surface area contributed by atoms with E-state index in [4.69, 9.17) is 8.92 Å². The van der Waals surface area contributed by atoms with E-state index in [1.165, 1.54) is 42.2 Å². The minimum atomic E-state index is -4.04. The maximum absolute atomic E-state index is 13.7. The van der Waals surface area contributed by atoms with Crippen LogP contribution < -0.4 is 14.4 Å². The minimum absolute atomic E-state index is 0.0566. The molecule has 2 amide bonds. The molecule has 11 heteroatoms. The summed E-state index contributed by atoms with van der Waals surface area (Å²) in [6.45, 7) is 9.71. The molecule has 0 spiro atoms. The number of hydrogen-bond donors (Lipinski definition) is 1. The molecule has 0 aliphatic carbocycles. The van der Waals surface area contributed by atoms with Crippen molar-refractivity contribution in [2.75, 3.05) is 31.1 Å². The number of pyridine rings is 1. The molecule has 3 aromatic rings. The molecule has 1 saturated heterocycles. The van der Waals surface area contributed by atoms with Gasteiger partial charge in [0, 0.05) is 50.7 Å². The fraction of sp³-hybridized carbons (Fsp3) is 0.367. The monoisotopic (exact) mass is 580 g/mol. The van der Waals surface area contributed by atoms with Crippen LogP contribution in [-0.4, -0.2) is 68.1 Å². The van der Waals surface area contributed by atoms with Crippen molar-refractivity contribution in [3.8, 4) is 5.75 Å². The van der Waals surface area contributed by atoms with Crippen molar-refractivity contribution in [3.05, 3.63) is 84.2 Å². The number of benzene rings is 2. The van der Waals surface area contributed by atoms with E-state index in [0.717, 1.165) is 5.69 Å². The van der Waals surface area contributed by atoms with Crippen LogP contribution in [0.15, 0.2) is 78.0 Å². The smallest absolute Gasteiger partial charge is 0.408 e. The highest BCUT2D eigenvalue weighted by molar-refractivity contribution is 7.87. The van der Waals surface area contributed by atoms with Gasteiger partial charge in [0.25, 0.3) is 0 Å². The molecular weight excluding hydrogens is 544 g/mol. The maximum atomic E-state index is 13.7. The van der Waals surface area contributed by atoms with Crippen LogP contribution in [0.25, 0.3) is 0 Å². The Morgan fingerprint density at radius 3 is 2.27 bits per heavy atom. The van der Waals surface area contributed by atoms with Crippen molar-refractivity contribution in [2.45, 2.75) is 50.7 Å². The topological polar surface area (TPSA) is 118 Å². The van der Waals surface area contributed by atoms with Gasteiger partial charge in [-0.15, -0.1) is 0 Å². The number of amides is 2. The van der Waals surface area contributed by atoms with Gasteiger partial charge in [-0.1, -0.05) is 30.3 Å². The molecule has 1 unspecified atom stereocenters. The Labute approximate surface area is 241 Å². The van der Waals surface area contributed by atoms with E-state index < -0.39 is 27.9 Å². The van der Waals surface area contributed by atoms with Crippen molar-refractivity contribution < 1.29 is 26.9 Å². The number of carbonyl (C=O) groups is 2. The van der Waals surface area contributed by atoms with E-state index in [1.807, 2.05) is 12.1 Å². The first-order valence-corrected chi connectivity index (χ1v) is 14.8. The highest BCUT2D eigenvalue weighted by Gasteiger charge is 2.31. The highest BCUT2D eigenvalue weighted by Crippen LogP contribution is 2.22. The summed E-state index contributed by atoms with van der Waals surface area (Å²) in [4.78, 5) is 34.1. The predicted octanol–water partition coefficient (Wildman–Crippen LogP) is 3.94. The molecule has 1 aliphatic heterocycles. The Morgan fingerprint density at radius 1 is 0.976 bits per heavy atom. The quantitative estimate of drug-likeness (QED) is 0.398. The Morgan fingerprint density at radius 2 is 1.66 bits per heavy atom. The molecule has 2 heterocycles. The summed E-state index contributed by atoms with van der Waals surface area (Å²) in [5, 5.41) is 2.75. The number of alkyl carbamates (subject to hydrolysis) is 1. The number of carbonyl (C=O) groups excluding carboxylic acids is 2. The van der Waals surface area contributed by atoms with Gasteiger partial charge in [-0.3, -0.25) is 9.78 Å². The second-order valence-corrected chi connectivity index (χ2v) is 12.4. The maximum Gasteiger partial charge on any atom is 0.408 e. The summed E-state index contributed by atoms with van der Waals surface area (Å²) in [7, 11) is -4.04. The molecule has 0 radical (unpaired) electrons. The number of piperazine rings is 1. The number of para-hydroxylation sites is 1. The lowest BCUT2D eigenvalue weighted by atomic mass is 10.0. The van der Waals surface area contributed by atoms with E-state index in [0.29, 0.717) is 31.7 Å². The van der Waals surface area contributed by atoms with Gasteiger partial charge >= 0.3 is 16.2 Å². The second kappa shape index (κ2) is 12.6. The summed E-state index contributed by atoms with van der Waals surface area (Å²) in [6, 6.07) is 16.6. The van der Waals surface area contributed by atoms with Crippen molar-refractivity contribution in [3.63, 3.8) is 0 Å². The molecular formula is C30H36N4O6S. The normalized spacial score (nSPS) is 14.7. The molecule has 1 N–H and O–H groups in total. The Kier molecular flexibility index (Phi) is 9.17. The number of rotatable bonds is 8. The Bertz CT molecular complexity index is 1450. The molecule has 1 aliphatic rings.